The minimum atomic E-state index is -1.89. The third kappa shape index (κ3) is 6.28. The van der Waals surface area contributed by atoms with E-state index in [0.717, 1.165) is 28.7 Å². The van der Waals surface area contributed by atoms with Gasteiger partial charge in [-0.05, 0) is 60.7 Å². The third-order valence-corrected chi connectivity index (χ3v) is 6.61. The van der Waals surface area contributed by atoms with Crippen molar-refractivity contribution in [3.8, 4) is 17.0 Å². The zero-order valence-electron chi connectivity index (χ0n) is 20.5. The number of hydrogen-bond donors (Lipinski definition) is 3. The summed E-state index contributed by atoms with van der Waals surface area (Å²) in [5.74, 6) is -0.964. The Labute approximate surface area is 220 Å². The van der Waals surface area contributed by atoms with E-state index in [9.17, 15) is 19.8 Å². The maximum Gasteiger partial charge on any atom is 0.255 e. The summed E-state index contributed by atoms with van der Waals surface area (Å²) < 4.78 is 5.59. The standard InChI is InChI=1S/C28H30ClN3O5/c1-2-37-27-22(8-4-14-30-27)19-12-10-18(11-13-19)17-31-26(35)24(33)25(34)28(36)32-15-5-9-23(32)20-6-3-7-21(29)16-20/h3-4,6-8,10-14,16,23-25,33-34H,2,5,9,15,17H2,1H3,(H,31,35)/t23-,24-,25-/m1/s1. The summed E-state index contributed by atoms with van der Waals surface area (Å²) in [4.78, 5) is 31.3. The van der Waals surface area contributed by atoms with E-state index >= 15 is 0 Å². The van der Waals surface area contributed by atoms with Gasteiger partial charge in [-0.1, -0.05) is 48.0 Å². The maximum atomic E-state index is 13.0. The van der Waals surface area contributed by atoms with Crippen LogP contribution >= 0.6 is 11.6 Å². The van der Waals surface area contributed by atoms with E-state index in [1.165, 1.54) is 4.90 Å². The molecule has 1 aliphatic heterocycles. The van der Waals surface area contributed by atoms with Crippen LogP contribution in [0.3, 0.4) is 0 Å². The molecule has 0 bridgehead atoms. The van der Waals surface area contributed by atoms with Crippen LogP contribution < -0.4 is 10.1 Å². The number of carbonyl (C=O) groups is 2. The minimum absolute atomic E-state index is 0.122. The molecular weight excluding hydrogens is 494 g/mol. The van der Waals surface area contributed by atoms with Gasteiger partial charge in [-0.3, -0.25) is 9.59 Å². The van der Waals surface area contributed by atoms with Crippen molar-refractivity contribution in [3.63, 3.8) is 0 Å². The molecule has 0 spiro atoms. The molecule has 9 heteroatoms. The maximum absolute atomic E-state index is 13.0. The van der Waals surface area contributed by atoms with Crippen molar-refractivity contribution in [2.45, 2.75) is 44.6 Å². The van der Waals surface area contributed by atoms with Crippen molar-refractivity contribution in [2.75, 3.05) is 13.2 Å². The highest BCUT2D eigenvalue weighted by Gasteiger charge is 2.38. The largest absolute Gasteiger partial charge is 0.478 e. The van der Waals surface area contributed by atoms with E-state index in [0.29, 0.717) is 30.5 Å². The summed E-state index contributed by atoms with van der Waals surface area (Å²) in [6, 6.07) is 18.1. The molecule has 3 N–H and O–H groups in total. The van der Waals surface area contributed by atoms with Crippen LogP contribution in [-0.4, -0.2) is 57.3 Å². The van der Waals surface area contributed by atoms with Gasteiger partial charge < -0.3 is 25.2 Å². The number of aliphatic hydroxyl groups is 2. The first-order valence-electron chi connectivity index (χ1n) is 12.3. The van der Waals surface area contributed by atoms with Gasteiger partial charge in [0.15, 0.2) is 12.2 Å². The Balaban J connectivity index is 1.35. The van der Waals surface area contributed by atoms with Gasteiger partial charge >= 0.3 is 0 Å². The third-order valence-electron chi connectivity index (χ3n) is 6.37. The van der Waals surface area contributed by atoms with E-state index in [2.05, 4.69) is 10.3 Å². The van der Waals surface area contributed by atoms with Gasteiger partial charge in [0.2, 0.25) is 5.88 Å². The van der Waals surface area contributed by atoms with E-state index < -0.39 is 24.0 Å². The number of rotatable bonds is 9. The average molecular weight is 524 g/mol. The summed E-state index contributed by atoms with van der Waals surface area (Å²) in [5, 5.41) is 24.1. The second-order valence-corrected chi connectivity index (χ2v) is 9.27. The van der Waals surface area contributed by atoms with Crippen LogP contribution in [0.1, 0.15) is 36.9 Å². The molecule has 2 heterocycles. The number of benzene rings is 2. The molecule has 0 saturated carbocycles. The molecule has 0 unspecified atom stereocenters. The van der Waals surface area contributed by atoms with Crippen LogP contribution in [0.4, 0.5) is 0 Å². The zero-order valence-corrected chi connectivity index (χ0v) is 21.3. The molecule has 194 valence electrons. The lowest BCUT2D eigenvalue weighted by molar-refractivity contribution is -0.153. The SMILES string of the molecule is CCOc1ncccc1-c1ccc(CNC(=O)[C@H](O)[C@@H](O)C(=O)N2CCC[C@@H]2c2cccc(Cl)c2)cc1. The van der Waals surface area contributed by atoms with Crippen LogP contribution in [0, 0.1) is 0 Å². The molecule has 3 atom stereocenters. The normalized spacial score (nSPS) is 16.8. The van der Waals surface area contributed by atoms with Crippen LogP contribution in [-0.2, 0) is 16.1 Å². The van der Waals surface area contributed by atoms with Crippen LogP contribution in [0.2, 0.25) is 5.02 Å². The van der Waals surface area contributed by atoms with Gasteiger partial charge in [-0.15, -0.1) is 0 Å². The summed E-state index contributed by atoms with van der Waals surface area (Å²) in [6.45, 7) is 2.95. The average Bonchev–Trinajstić information content (AvgIpc) is 3.41. The van der Waals surface area contributed by atoms with E-state index in [4.69, 9.17) is 16.3 Å². The monoisotopic (exact) mass is 523 g/mol. The van der Waals surface area contributed by atoms with Crippen molar-refractivity contribution in [2.24, 2.45) is 0 Å². The molecule has 1 fully saturated rings. The Hall–Kier alpha value is -3.46. The number of carbonyl (C=O) groups excluding carboxylic acids is 2. The second-order valence-electron chi connectivity index (χ2n) is 8.84. The molecule has 37 heavy (non-hydrogen) atoms. The number of halogens is 1. The number of pyridine rings is 1. The lowest BCUT2D eigenvalue weighted by Crippen LogP contribution is -2.50. The molecule has 1 saturated heterocycles. The van der Waals surface area contributed by atoms with E-state index in [1.807, 2.05) is 49.4 Å². The molecule has 2 aromatic carbocycles. The molecule has 1 aromatic heterocycles. The smallest absolute Gasteiger partial charge is 0.255 e. The topological polar surface area (TPSA) is 112 Å². The van der Waals surface area contributed by atoms with Crippen molar-refractivity contribution < 1.29 is 24.5 Å². The van der Waals surface area contributed by atoms with Gasteiger partial charge in [0.25, 0.3) is 11.8 Å². The summed E-state index contributed by atoms with van der Waals surface area (Å²) >= 11 is 6.10. The Bertz CT molecular complexity index is 1240. The minimum Gasteiger partial charge on any atom is -0.478 e. The number of aliphatic hydroxyl groups excluding tert-OH is 2. The number of amides is 2. The van der Waals surface area contributed by atoms with E-state index in [-0.39, 0.29) is 12.6 Å². The van der Waals surface area contributed by atoms with Crippen molar-refractivity contribution in [3.05, 3.63) is 83.0 Å². The molecule has 2 amide bonds. The van der Waals surface area contributed by atoms with Gasteiger partial charge in [-0.25, -0.2) is 4.98 Å². The first-order chi connectivity index (χ1) is 17.9. The van der Waals surface area contributed by atoms with E-state index in [1.54, 1.807) is 24.4 Å². The van der Waals surface area contributed by atoms with Crippen LogP contribution in [0.25, 0.3) is 11.1 Å². The molecular formula is C28H30ClN3O5. The molecule has 8 nitrogen and oxygen atoms in total. The molecule has 0 aliphatic carbocycles. The summed E-state index contributed by atoms with van der Waals surface area (Å²) in [6.07, 6.45) is -0.633. The number of likely N-dealkylation sites (tertiary alicyclic amines) is 1. The van der Waals surface area contributed by atoms with Gasteiger partial charge in [0, 0.05) is 29.9 Å². The molecule has 0 radical (unpaired) electrons. The molecule has 3 aromatic rings. The fourth-order valence-electron chi connectivity index (χ4n) is 4.50. The lowest BCUT2D eigenvalue weighted by Gasteiger charge is -2.28. The summed E-state index contributed by atoms with van der Waals surface area (Å²) in [5.41, 5.74) is 3.41. The fraction of sp³-hybridized carbons (Fsp3) is 0.321. The Morgan fingerprint density at radius 3 is 2.65 bits per heavy atom. The van der Waals surface area contributed by atoms with Crippen molar-refractivity contribution in [1.82, 2.24) is 15.2 Å². The Kier molecular flexibility index (Phi) is 8.76. The number of ether oxygens (including phenoxy) is 1. The van der Waals surface area contributed by atoms with Gasteiger partial charge in [-0.2, -0.15) is 0 Å². The second kappa shape index (κ2) is 12.2. The van der Waals surface area contributed by atoms with Crippen molar-refractivity contribution >= 4 is 23.4 Å². The first-order valence-corrected chi connectivity index (χ1v) is 12.6. The quantitative estimate of drug-likeness (QED) is 0.396. The Morgan fingerprint density at radius 1 is 1.14 bits per heavy atom. The predicted molar refractivity (Wildman–Crippen MR) is 140 cm³/mol. The number of aromatic nitrogens is 1. The number of nitrogens with one attached hydrogen (secondary N) is 1. The number of nitrogens with zero attached hydrogens (tertiary/aromatic N) is 2. The fourth-order valence-corrected chi connectivity index (χ4v) is 4.70. The van der Waals surface area contributed by atoms with Crippen molar-refractivity contribution in [1.29, 1.82) is 0 Å². The highest BCUT2D eigenvalue weighted by atomic mass is 35.5. The predicted octanol–water partition coefficient (Wildman–Crippen LogP) is 3.50. The zero-order chi connectivity index (χ0) is 26.4. The summed E-state index contributed by atoms with van der Waals surface area (Å²) in [7, 11) is 0. The lowest BCUT2D eigenvalue weighted by atomic mass is 10.0. The molecule has 4 rings (SSSR count). The highest BCUT2D eigenvalue weighted by molar-refractivity contribution is 6.30. The number of hydrogen-bond acceptors (Lipinski definition) is 6. The van der Waals surface area contributed by atoms with Crippen LogP contribution in [0.5, 0.6) is 5.88 Å². The molecule has 1 aliphatic rings. The van der Waals surface area contributed by atoms with Gasteiger partial charge in [0.1, 0.15) is 0 Å². The highest BCUT2D eigenvalue weighted by Crippen LogP contribution is 2.33. The first kappa shape index (κ1) is 26.6. The Morgan fingerprint density at radius 2 is 1.92 bits per heavy atom. The van der Waals surface area contributed by atoms with Gasteiger partial charge in [0.05, 0.1) is 12.6 Å². The van der Waals surface area contributed by atoms with Crippen LogP contribution in [0.15, 0.2) is 66.9 Å².